The van der Waals surface area contributed by atoms with Crippen molar-refractivity contribution < 1.29 is 14.7 Å². The number of benzene rings is 1. The van der Waals surface area contributed by atoms with Crippen LogP contribution in [0, 0.1) is 0 Å². The third-order valence-corrected chi connectivity index (χ3v) is 3.43. The summed E-state index contributed by atoms with van der Waals surface area (Å²) in [6.07, 6.45) is 4.27. The average Bonchev–Trinajstić information content (AvgIpc) is 2.92. The fourth-order valence-electron chi connectivity index (χ4n) is 2.34. The zero-order valence-corrected chi connectivity index (χ0v) is 13.2. The fraction of sp³-hybridized carbons (Fsp3) is 0.222. The van der Waals surface area contributed by atoms with Crippen molar-refractivity contribution in [1.29, 1.82) is 0 Å². The Morgan fingerprint density at radius 3 is 2.65 bits per heavy atom. The number of carbonyl (C=O) groups is 2. The summed E-state index contributed by atoms with van der Waals surface area (Å²) in [5, 5.41) is 11.6. The summed E-state index contributed by atoms with van der Waals surface area (Å²) in [5.41, 5.74) is 2.56. The summed E-state index contributed by atoms with van der Waals surface area (Å²) in [6, 6.07) is 11.3. The molecule has 2 N–H and O–H groups in total. The molecule has 0 saturated carbocycles. The van der Waals surface area contributed by atoms with E-state index in [0.29, 0.717) is 11.6 Å². The molecule has 0 fully saturated rings. The number of nitrogens with one attached hydrogen (secondary N) is 1. The molecule has 1 aromatic heterocycles. The van der Waals surface area contributed by atoms with E-state index in [-0.39, 0.29) is 12.5 Å². The Hall–Kier alpha value is -2.82. The minimum absolute atomic E-state index is 0.124. The van der Waals surface area contributed by atoms with E-state index in [1.807, 2.05) is 24.3 Å². The van der Waals surface area contributed by atoms with Gasteiger partial charge in [-0.15, -0.1) is 0 Å². The quantitative estimate of drug-likeness (QED) is 0.804. The van der Waals surface area contributed by atoms with Gasteiger partial charge in [-0.3, -0.25) is 4.79 Å². The molecule has 1 aromatic carbocycles. The highest BCUT2D eigenvalue weighted by Gasteiger charge is 2.10. The number of para-hydroxylation sites is 1. The van der Waals surface area contributed by atoms with Crippen LogP contribution in [0.15, 0.2) is 48.7 Å². The van der Waals surface area contributed by atoms with Crippen molar-refractivity contribution >= 4 is 23.6 Å². The highest BCUT2D eigenvalue weighted by atomic mass is 16.4. The van der Waals surface area contributed by atoms with Gasteiger partial charge in [0.15, 0.2) is 0 Å². The third kappa shape index (κ3) is 4.57. The number of rotatable bonds is 6. The molecule has 0 aliphatic heterocycles. The number of carboxylic acids is 1. The standard InChI is InChI=1S/C18H20N2O3/c1-13(2)15-7-3-4-8-16(15)19-17(21)12-20-11-5-6-14(20)9-10-18(22)23/h3-11,13H,12H2,1-2H3,(H,19,21)(H,22,23)/b10-9+. The highest BCUT2D eigenvalue weighted by Crippen LogP contribution is 2.23. The molecule has 0 unspecified atom stereocenters. The molecule has 0 bridgehead atoms. The molecule has 0 atom stereocenters. The SMILES string of the molecule is CC(C)c1ccccc1NC(=O)Cn1cccc1/C=C/C(=O)O. The summed E-state index contributed by atoms with van der Waals surface area (Å²) in [5.74, 6) is -0.862. The average molecular weight is 312 g/mol. The summed E-state index contributed by atoms with van der Waals surface area (Å²) < 4.78 is 1.70. The molecule has 0 radical (unpaired) electrons. The van der Waals surface area contributed by atoms with Crippen LogP contribution in [-0.2, 0) is 16.1 Å². The molecule has 0 aliphatic rings. The van der Waals surface area contributed by atoms with Crippen molar-refractivity contribution in [1.82, 2.24) is 4.57 Å². The first-order chi connectivity index (χ1) is 11.0. The molecular weight excluding hydrogens is 292 g/mol. The van der Waals surface area contributed by atoms with Crippen molar-refractivity contribution in [3.05, 3.63) is 59.9 Å². The highest BCUT2D eigenvalue weighted by molar-refractivity contribution is 5.91. The van der Waals surface area contributed by atoms with E-state index in [1.165, 1.54) is 6.08 Å². The molecule has 0 saturated heterocycles. The number of amides is 1. The monoisotopic (exact) mass is 312 g/mol. The van der Waals surface area contributed by atoms with Gasteiger partial charge in [0.1, 0.15) is 6.54 Å². The lowest BCUT2D eigenvalue weighted by Gasteiger charge is -2.14. The van der Waals surface area contributed by atoms with Gasteiger partial charge in [-0.2, -0.15) is 0 Å². The normalized spacial score (nSPS) is 11.1. The van der Waals surface area contributed by atoms with Crippen molar-refractivity contribution in [3.8, 4) is 0 Å². The summed E-state index contributed by atoms with van der Waals surface area (Å²) in [6.45, 7) is 4.27. The number of aliphatic carboxylic acids is 1. The molecule has 120 valence electrons. The molecular formula is C18H20N2O3. The lowest BCUT2D eigenvalue weighted by Crippen LogP contribution is -2.19. The van der Waals surface area contributed by atoms with Crippen LogP contribution >= 0.6 is 0 Å². The first-order valence-corrected chi connectivity index (χ1v) is 7.42. The smallest absolute Gasteiger partial charge is 0.328 e. The van der Waals surface area contributed by atoms with E-state index in [0.717, 1.165) is 17.3 Å². The lowest BCUT2D eigenvalue weighted by atomic mass is 10.0. The van der Waals surface area contributed by atoms with Gasteiger partial charge in [-0.05, 0) is 35.8 Å². The molecule has 1 amide bonds. The first-order valence-electron chi connectivity index (χ1n) is 7.42. The summed E-state index contributed by atoms with van der Waals surface area (Å²) >= 11 is 0. The Morgan fingerprint density at radius 2 is 1.96 bits per heavy atom. The Balaban J connectivity index is 2.09. The van der Waals surface area contributed by atoms with Crippen LogP contribution in [-0.4, -0.2) is 21.6 Å². The van der Waals surface area contributed by atoms with E-state index >= 15 is 0 Å². The number of carboxylic acid groups (broad SMARTS) is 1. The van der Waals surface area contributed by atoms with Gasteiger partial charge in [0.05, 0.1) is 0 Å². The van der Waals surface area contributed by atoms with Gasteiger partial charge in [-0.1, -0.05) is 32.0 Å². The van der Waals surface area contributed by atoms with Crippen LogP contribution < -0.4 is 5.32 Å². The molecule has 5 heteroatoms. The number of nitrogens with zero attached hydrogens (tertiary/aromatic N) is 1. The molecule has 2 rings (SSSR count). The van der Waals surface area contributed by atoms with Gasteiger partial charge >= 0.3 is 5.97 Å². The molecule has 0 spiro atoms. The van der Waals surface area contributed by atoms with E-state index in [2.05, 4.69) is 19.2 Å². The maximum atomic E-state index is 12.3. The van der Waals surface area contributed by atoms with Gasteiger partial charge in [0, 0.05) is 23.7 Å². The number of carbonyl (C=O) groups excluding carboxylic acids is 1. The maximum Gasteiger partial charge on any atom is 0.328 e. The van der Waals surface area contributed by atoms with Crippen LogP contribution in [0.2, 0.25) is 0 Å². The second-order valence-corrected chi connectivity index (χ2v) is 5.52. The first kappa shape index (κ1) is 16.5. The molecule has 1 heterocycles. The van der Waals surface area contributed by atoms with E-state index in [1.54, 1.807) is 22.9 Å². The Labute approximate surface area is 135 Å². The van der Waals surface area contributed by atoms with Gasteiger partial charge in [0.25, 0.3) is 0 Å². The maximum absolute atomic E-state index is 12.3. The van der Waals surface area contributed by atoms with Crippen LogP contribution in [0.3, 0.4) is 0 Å². The van der Waals surface area contributed by atoms with Crippen LogP contribution in [0.4, 0.5) is 5.69 Å². The largest absolute Gasteiger partial charge is 0.478 e. The van der Waals surface area contributed by atoms with E-state index < -0.39 is 5.97 Å². The predicted octanol–water partition coefficient (Wildman–Crippen LogP) is 3.35. The second kappa shape index (κ2) is 7.45. The number of hydrogen-bond acceptors (Lipinski definition) is 2. The molecule has 0 aliphatic carbocycles. The van der Waals surface area contributed by atoms with E-state index in [4.69, 9.17) is 5.11 Å². The Kier molecular flexibility index (Phi) is 5.36. The van der Waals surface area contributed by atoms with Gasteiger partial charge in [-0.25, -0.2) is 4.79 Å². The van der Waals surface area contributed by atoms with Gasteiger partial charge in [0.2, 0.25) is 5.91 Å². The molecule has 2 aromatic rings. The van der Waals surface area contributed by atoms with E-state index in [9.17, 15) is 9.59 Å². The minimum Gasteiger partial charge on any atom is -0.478 e. The number of hydrogen-bond donors (Lipinski definition) is 2. The van der Waals surface area contributed by atoms with Crippen molar-refractivity contribution in [3.63, 3.8) is 0 Å². The van der Waals surface area contributed by atoms with Crippen LogP contribution in [0.1, 0.15) is 31.0 Å². The fourth-order valence-corrected chi connectivity index (χ4v) is 2.34. The molecule has 5 nitrogen and oxygen atoms in total. The zero-order valence-electron chi connectivity index (χ0n) is 13.2. The van der Waals surface area contributed by atoms with Crippen LogP contribution in [0.5, 0.6) is 0 Å². The van der Waals surface area contributed by atoms with Gasteiger partial charge < -0.3 is 15.0 Å². The Morgan fingerprint density at radius 1 is 1.22 bits per heavy atom. The molecule has 23 heavy (non-hydrogen) atoms. The predicted molar refractivity (Wildman–Crippen MR) is 90.3 cm³/mol. The second-order valence-electron chi connectivity index (χ2n) is 5.52. The zero-order chi connectivity index (χ0) is 16.8. The third-order valence-electron chi connectivity index (χ3n) is 3.43. The minimum atomic E-state index is -1.02. The Bertz CT molecular complexity index is 729. The summed E-state index contributed by atoms with van der Waals surface area (Å²) in [4.78, 5) is 22.9. The topological polar surface area (TPSA) is 71.3 Å². The number of aromatic nitrogens is 1. The summed E-state index contributed by atoms with van der Waals surface area (Å²) in [7, 11) is 0. The van der Waals surface area contributed by atoms with Crippen molar-refractivity contribution in [2.24, 2.45) is 0 Å². The lowest BCUT2D eigenvalue weighted by molar-refractivity contribution is -0.131. The number of anilines is 1. The van der Waals surface area contributed by atoms with Crippen molar-refractivity contribution in [2.75, 3.05) is 5.32 Å². The van der Waals surface area contributed by atoms with Crippen LogP contribution in [0.25, 0.3) is 6.08 Å². The van der Waals surface area contributed by atoms with Crippen molar-refractivity contribution in [2.45, 2.75) is 26.3 Å².